The summed E-state index contributed by atoms with van der Waals surface area (Å²) < 4.78 is 6.33. The summed E-state index contributed by atoms with van der Waals surface area (Å²) in [6.45, 7) is 9.92. The largest absolute Gasteiger partial charge is 0.489 e. The summed E-state index contributed by atoms with van der Waals surface area (Å²) in [4.78, 5) is 25.3. The van der Waals surface area contributed by atoms with Crippen LogP contribution in [0.25, 0.3) is 0 Å². The molecule has 0 atom stereocenters. The zero-order valence-corrected chi connectivity index (χ0v) is 28.1. The molecule has 240 valence electrons. The molecule has 1 fully saturated rings. The number of thiophene rings is 1. The Hall–Kier alpha value is -3.74. The molecular weight excluding hydrogens is 606 g/mol. The molecule has 0 saturated heterocycles. The molecule has 2 amide bonds. The van der Waals surface area contributed by atoms with Gasteiger partial charge in [-0.3, -0.25) is 9.59 Å². The maximum absolute atomic E-state index is 13.2. The summed E-state index contributed by atoms with van der Waals surface area (Å²) in [5.41, 5.74) is 7.74. The number of rotatable bonds is 15. The highest BCUT2D eigenvalue weighted by Gasteiger charge is 2.64. The van der Waals surface area contributed by atoms with Gasteiger partial charge in [-0.05, 0) is 60.7 Å². The number of amides is 2. The fourth-order valence-electron chi connectivity index (χ4n) is 6.55. The minimum absolute atomic E-state index is 0.0910. The number of nitrogens with one attached hydrogen (secondary N) is 3. The van der Waals surface area contributed by atoms with Crippen LogP contribution in [0.2, 0.25) is 5.02 Å². The highest BCUT2D eigenvalue weighted by atomic mass is 35.5. The van der Waals surface area contributed by atoms with Crippen molar-refractivity contribution in [3.05, 3.63) is 75.6 Å². The van der Waals surface area contributed by atoms with Crippen LogP contribution in [-0.4, -0.2) is 37.0 Å². The zero-order valence-electron chi connectivity index (χ0n) is 26.5. The number of carbonyl (C=O) groups excluding carboxylic acids is 2. The maximum atomic E-state index is 13.2. The number of halogens is 1. The van der Waals surface area contributed by atoms with Gasteiger partial charge >= 0.3 is 0 Å². The van der Waals surface area contributed by atoms with Gasteiger partial charge in [-0.25, -0.2) is 0 Å². The topological polar surface area (TPSA) is 129 Å². The Balaban J connectivity index is 1.12. The fraction of sp³-hybridized carbons (Fsp3) is 0.457. The number of hydrogen-bond acceptors (Lipinski definition) is 7. The Morgan fingerprint density at radius 3 is 2.18 bits per heavy atom. The molecule has 1 aromatic heterocycles. The van der Waals surface area contributed by atoms with E-state index in [4.69, 9.17) is 27.3 Å². The minimum Gasteiger partial charge on any atom is -0.489 e. The van der Waals surface area contributed by atoms with Gasteiger partial charge in [0.25, 0.3) is 11.8 Å². The van der Waals surface area contributed by atoms with Gasteiger partial charge < -0.3 is 26.4 Å². The Morgan fingerprint density at radius 2 is 1.58 bits per heavy atom. The molecule has 5 N–H and O–H groups in total. The quantitative estimate of drug-likeness (QED) is 0.125. The molecule has 4 rings (SSSR count). The third kappa shape index (κ3) is 8.30. The summed E-state index contributed by atoms with van der Waals surface area (Å²) in [6.07, 6.45) is 6.41. The van der Waals surface area contributed by atoms with Gasteiger partial charge in [0.05, 0.1) is 21.2 Å². The van der Waals surface area contributed by atoms with E-state index in [1.54, 1.807) is 24.3 Å². The summed E-state index contributed by atoms with van der Waals surface area (Å²) in [5, 5.41) is 21.5. The number of anilines is 2. The summed E-state index contributed by atoms with van der Waals surface area (Å²) >= 11 is 7.59. The molecule has 45 heavy (non-hydrogen) atoms. The van der Waals surface area contributed by atoms with Gasteiger partial charge in [-0.2, -0.15) is 5.26 Å². The number of benzene rings is 2. The van der Waals surface area contributed by atoms with Crippen LogP contribution in [0, 0.1) is 22.2 Å². The second-order valence-corrected chi connectivity index (χ2v) is 14.2. The van der Waals surface area contributed by atoms with Gasteiger partial charge in [-0.15, -0.1) is 11.3 Å². The van der Waals surface area contributed by atoms with Gasteiger partial charge in [-0.1, -0.05) is 65.0 Å². The lowest BCUT2D eigenvalue weighted by atomic mass is 9.49. The van der Waals surface area contributed by atoms with E-state index in [0.717, 1.165) is 50.8 Å². The van der Waals surface area contributed by atoms with E-state index in [1.165, 1.54) is 11.3 Å². The third-order valence-corrected chi connectivity index (χ3v) is 9.79. The van der Waals surface area contributed by atoms with E-state index in [0.29, 0.717) is 39.0 Å². The van der Waals surface area contributed by atoms with Crippen molar-refractivity contribution in [3.63, 3.8) is 0 Å². The van der Waals surface area contributed by atoms with Crippen molar-refractivity contribution in [1.29, 1.82) is 5.26 Å². The molecule has 0 aliphatic heterocycles. The zero-order chi connectivity index (χ0) is 32.6. The lowest BCUT2D eigenvalue weighted by Crippen LogP contribution is -2.74. The lowest BCUT2D eigenvalue weighted by molar-refractivity contribution is -0.164. The van der Waals surface area contributed by atoms with Crippen molar-refractivity contribution in [2.75, 3.05) is 24.1 Å². The standard InChI is InChI=1S/C35H44ClN5O3S/c1-34(2)32(35(3,4)33(34)44-26-16-13-24(22-37)28(36)21-26)41-30(42)23-11-14-25(15-12-23)39-18-9-7-5-6-8-10-19-40-31(43)27-17-20-45-29(27)38/h11-17,20-21,32-33,39H,5-10,18-19,38H2,1-4H3,(H,40,43)(H,41,42). The Bertz CT molecular complexity index is 1500. The first-order valence-corrected chi connectivity index (χ1v) is 16.8. The predicted octanol–water partition coefficient (Wildman–Crippen LogP) is 7.65. The van der Waals surface area contributed by atoms with Crippen LogP contribution in [0.1, 0.15) is 92.5 Å². The predicted molar refractivity (Wildman–Crippen MR) is 183 cm³/mol. The van der Waals surface area contributed by atoms with Crippen molar-refractivity contribution in [2.45, 2.75) is 78.4 Å². The van der Waals surface area contributed by atoms with Gasteiger partial charge in [0.2, 0.25) is 0 Å². The molecule has 0 radical (unpaired) electrons. The second-order valence-electron chi connectivity index (χ2n) is 12.9. The first kappa shape index (κ1) is 34.1. The van der Waals surface area contributed by atoms with E-state index >= 15 is 0 Å². The average molecular weight is 650 g/mol. The number of nitrogen functional groups attached to an aromatic ring is 1. The Morgan fingerprint density at radius 1 is 0.933 bits per heavy atom. The number of ether oxygens (including phenoxy) is 1. The molecule has 2 aromatic carbocycles. The molecule has 0 bridgehead atoms. The van der Waals surface area contributed by atoms with Crippen molar-refractivity contribution in [1.82, 2.24) is 10.6 Å². The minimum atomic E-state index is -0.323. The molecular formula is C35H44ClN5O3S. The Labute approximate surface area is 275 Å². The van der Waals surface area contributed by atoms with Gasteiger partial charge in [0.15, 0.2) is 0 Å². The molecule has 1 aliphatic carbocycles. The molecule has 1 heterocycles. The fourth-order valence-corrected chi connectivity index (χ4v) is 7.40. The molecule has 8 nitrogen and oxygen atoms in total. The van der Waals surface area contributed by atoms with Crippen molar-refractivity contribution >= 4 is 45.4 Å². The van der Waals surface area contributed by atoms with Crippen LogP contribution in [0.5, 0.6) is 5.75 Å². The number of hydrogen-bond donors (Lipinski definition) is 4. The van der Waals surface area contributed by atoms with E-state index in [9.17, 15) is 9.59 Å². The highest BCUT2D eigenvalue weighted by Crippen LogP contribution is 2.55. The monoisotopic (exact) mass is 649 g/mol. The van der Waals surface area contributed by atoms with Crippen molar-refractivity contribution in [2.24, 2.45) is 10.8 Å². The first-order chi connectivity index (χ1) is 21.4. The molecule has 0 unspecified atom stereocenters. The molecule has 1 aliphatic rings. The summed E-state index contributed by atoms with van der Waals surface area (Å²) in [6, 6.07) is 16.4. The maximum Gasteiger partial charge on any atom is 0.254 e. The number of carbonyl (C=O) groups is 2. The van der Waals surface area contributed by atoms with Crippen LogP contribution in [-0.2, 0) is 0 Å². The van der Waals surface area contributed by atoms with E-state index in [-0.39, 0.29) is 34.8 Å². The van der Waals surface area contributed by atoms with E-state index in [2.05, 4.69) is 49.7 Å². The molecule has 1 saturated carbocycles. The normalized spacial score (nSPS) is 17.9. The first-order valence-electron chi connectivity index (χ1n) is 15.6. The number of nitrogens with zero attached hydrogens (tertiary/aromatic N) is 1. The van der Waals surface area contributed by atoms with Crippen molar-refractivity contribution < 1.29 is 14.3 Å². The van der Waals surface area contributed by atoms with E-state index in [1.807, 2.05) is 29.6 Å². The Kier molecular flexibility index (Phi) is 11.4. The average Bonchev–Trinajstić information content (AvgIpc) is 3.45. The number of nitrogens with two attached hydrogens (primary N) is 1. The summed E-state index contributed by atoms with van der Waals surface area (Å²) in [7, 11) is 0. The molecule has 3 aromatic rings. The second kappa shape index (κ2) is 15.0. The van der Waals surface area contributed by atoms with Crippen LogP contribution >= 0.6 is 22.9 Å². The molecule has 0 spiro atoms. The highest BCUT2D eigenvalue weighted by molar-refractivity contribution is 7.14. The number of unbranched alkanes of at least 4 members (excludes halogenated alkanes) is 5. The van der Waals surface area contributed by atoms with Crippen LogP contribution in [0.4, 0.5) is 10.7 Å². The summed E-state index contributed by atoms with van der Waals surface area (Å²) in [5.74, 6) is 0.409. The van der Waals surface area contributed by atoms with Crippen LogP contribution < -0.4 is 26.4 Å². The van der Waals surface area contributed by atoms with Gasteiger partial charge in [0, 0.05) is 47.3 Å². The van der Waals surface area contributed by atoms with Crippen LogP contribution in [0.15, 0.2) is 53.9 Å². The van der Waals surface area contributed by atoms with E-state index < -0.39 is 0 Å². The number of nitriles is 1. The van der Waals surface area contributed by atoms with Crippen molar-refractivity contribution in [3.8, 4) is 11.8 Å². The van der Waals surface area contributed by atoms with Crippen LogP contribution in [0.3, 0.4) is 0 Å². The van der Waals surface area contributed by atoms with Gasteiger partial charge in [0.1, 0.15) is 17.9 Å². The molecule has 10 heteroatoms. The smallest absolute Gasteiger partial charge is 0.254 e. The SMILES string of the molecule is CC1(C)C(NC(=O)c2ccc(NCCCCCCCCNC(=O)c3ccsc3N)cc2)C(C)(C)C1Oc1ccc(C#N)c(Cl)c1. The lowest BCUT2D eigenvalue weighted by Gasteiger charge is -2.63. The third-order valence-electron chi connectivity index (χ3n) is 8.74.